The summed E-state index contributed by atoms with van der Waals surface area (Å²) < 4.78 is 10.4. The van der Waals surface area contributed by atoms with Crippen molar-refractivity contribution in [1.82, 2.24) is 5.16 Å². The Morgan fingerprint density at radius 1 is 1.40 bits per heavy atom. The summed E-state index contributed by atoms with van der Waals surface area (Å²) in [4.78, 5) is 23.9. The van der Waals surface area contributed by atoms with Crippen molar-refractivity contribution in [3.05, 3.63) is 17.0 Å². The summed E-state index contributed by atoms with van der Waals surface area (Å²) >= 11 is 0. The van der Waals surface area contributed by atoms with Crippen LogP contribution >= 0.6 is 0 Å². The van der Waals surface area contributed by atoms with Crippen LogP contribution in [-0.2, 0) is 16.0 Å². The molecule has 1 saturated carbocycles. The molecule has 0 saturated heterocycles. The van der Waals surface area contributed by atoms with Gasteiger partial charge in [-0.1, -0.05) is 24.9 Å². The predicted octanol–water partition coefficient (Wildman–Crippen LogP) is 3.03. The largest absolute Gasteiger partial charge is 0.461 e. The smallest absolute Gasteiger partial charge is 0.360 e. The van der Waals surface area contributed by atoms with Gasteiger partial charge in [0.2, 0.25) is 0 Å². The van der Waals surface area contributed by atoms with Crippen molar-refractivity contribution in [3.8, 4) is 0 Å². The maximum absolute atomic E-state index is 12.1. The van der Waals surface area contributed by atoms with Crippen LogP contribution in [0.4, 0.5) is 0 Å². The molecule has 1 aliphatic rings. The number of esters is 1. The van der Waals surface area contributed by atoms with Gasteiger partial charge in [-0.05, 0) is 26.2 Å². The summed E-state index contributed by atoms with van der Waals surface area (Å²) in [6, 6.07) is 0. The van der Waals surface area contributed by atoms with Crippen LogP contribution in [0.1, 0.15) is 73.7 Å². The standard InChI is InChI=1S/C15H21NO4/c1-3-7-11-13(15(18)19-4-2)16-20-14(11)10-8-5-6-9-12(10)17/h10H,3-9H2,1-2H3. The van der Waals surface area contributed by atoms with Gasteiger partial charge in [-0.25, -0.2) is 4.79 Å². The number of hydrogen-bond acceptors (Lipinski definition) is 5. The first-order valence-corrected chi connectivity index (χ1v) is 7.37. The van der Waals surface area contributed by atoms with E-state index in [9.17, 15) is 9.59 Å². The Bertz CT molecular complexity index is 492. The molecule has 1 atom stereocenters. The van der Waals surface area contributed by atoms with Gasteiger partial charge in [0.1, 0.15) is 5.78 Å². The number of hydrogen-bond donors (Lipinski definition) is 0. The minimum atomic E-state index is -0.464. The number of ketones is 1. The van der Waals surface area contributed by atoms with Crippen LogP contribution in [-0.4, -0.2) is 23.5 Å². The lowest BCUT2D eigenvalue weighted by Crippen LogP contribution is -2.18. The minimum Gasteiger partial charge on any atom is -0.461 e. The number of Topliss-reactive ketones (excluding diaryl/α,β-unsaturated/α-hetero) is 1. The molecule has 1 heterocycles. The van der Waals surface area contributed by atoms with Crippen LogP contribution in [0.2, 0.25) is 0 Å². The zero-order valence-corrected chi connectivity index (χ0v) is 12.1. The summed E-state index contributed by atoms with van der Waals surface area (Å²) in [5, 5.41) is 3.86. The van der Waals surface area contributed by atoms with Gasteiger partial charge in [-0.3, -0.25) is 4.79 Å². The second-order valence-corrected chi connectivity index (χ2v) is 5.11. The Balaban J connectivity index is 2.32. The molecule has 0 aliphatic heterocycles. The molecule has 0 N–H and O–H groups in total. The van der Waals surface area contributed by atoms with E-state index in [2.05, 4.69) is 5.16 Å². The van der Waals surface area contributed by atoms with Crippen molar-refractivity contribution in [1.29, 1.82) is 0 Å². The third kappa shape index (κ3) is 2.92. The molecule has 0 bridgehead atoms. The van der Waals surface area contributed by atoms with Gasteiger partial charge in [-0.15, -0.1) is 0 Å². The normalized spacial score (nSPS) is 19.1. The average molecular weight is 279 g/mol. The molecule has 1 unspecified atom stereocenters. The SMILES string of the molecule is CCCc1c(C(=O)OCC)noc1C1CCCCC1=O. The van der Waals surface area contributed by atoms with Gasteiger partial charge in [0.15, 0.2) is 11.5 Å². The fraction of sp³-hybridized carbons (Fsp3) is 0.667. The molecular formula is C15H21NO4. The first-order valence-electron chi connectivity index (χ1n) is 7.37. The molecule has 0 amide bonds. The van der Waals surface area contributed by atoms with Crippen molar-refractivity contribution >= 4 is 11.8 Å². The van der Waals surface area contributed by atoms with Crippen LogP contribution in [0.15, 0.2) is 4.52 Å². The number of nitrogens with zero attached hydrogens (tertiary/aromatic N) is 1. The lowest BCUT2D eigenvalue weighted by atomic mass is 9.84. The van der Waals surface area contributed by atoms with E-state index in [4.69, 9.17) is 9.26 Å². The molecule has 1 fully saturated rings. The molecule has 20 heavy (non-hydrogen) atoms. The predicted molar refractivity (Wildman–Crippen MR) is 72.7 cm³/mol. The monoisotopic (exact) mass is 279 g/mol. The average Bonchev–Trinajstić information content (AvgIpc) is 2.84. The molecule has 1 aromatic rings. The number of carbonyl (C=O) groups excluding carboxylic acids is 2. The van der Waals surface area contributed by atoms with E-state index in [-0.39, 0.29) is 17.4 Å². The highest BCUT2D eigenvalue weighted by Gasteiger charge is 2.32. The lowest BCUT2D eigenvalue weighted by molar-refractivity contribution is -0.122. The maximum Gasteiger partial charge on any atom is 0.360 e. The van der Waals surface area contributed by atoms with Crippen LogP contribution in [0.5, 0.6) is 0 Å². The van der Waals surface area contributed by atoms with Gasteiger partial charge in [0, 0.05) is 12.0 Å². The van der Waals surface area contributed by atoms with E-state index in [1.165, 1.54) is 0 Å². The second-order valence-electron chi connectivity index (χ2n) is 5.11. The van der Waals surface area contributed by atoms with Gasteiger partial charge in [0.25, 0.3) is 0 Å². The molecule has 5 heteroatoms. The van der Waals surface area contributed by atoms with E-state index in [0.29, 0.717) is 25.2 Å². The molecular weight excluding hydrogens is 258 g/mol. The third-order valence-electron chi connectivity index (χ3n) is 3.66. The molecule has 1 aliphatic carbocycles. The number of rotatable bonds is 5. The van der Waals surface area contributed by atoms with E-state index < -0.39 is 5.97 Å². The minimum absolute atomic E-state index is 0.195. The number of carbonyl (C=O) groups is 2. The molecule has 0 radical (unpaired) electrons. The van der Waals surface area contributed by atoms with Crippen molar-refractivity contribution < 1.29 is 18.8 Å². The summed E-state index contributed by atoms with van der Waals surface area (Å²) in [5.41, 5.74) is 0.994. The van der Waals surface area contributed by atoms with Crippen molar-refractivity contribution in [2.75, 3.05) is 6.61 Å². The Morgan fingerprint density at radius 3 is 2.85 bits per heavy atom. The van der Waals surface area contributed by atoms with E-state index >= 15 is 0 Å². The van der Waals surface area contributed by atoms with Gasteiger partial charge in [-0.2, -0.15) is 0 Å². The molecule has 0 spiro atoms. The van der Waals surface area contributed by atoms with E-state index in [1.54, 1.807) is 6.92 Å². The van der Waals surface area contributed by atoms with Gasteiger partial charge in [0.05, 0.1) is 12.5 Å². The first kappa shape index (κ1) is 14.8. The van der Waals surface area contributed by atoms with Crippen LogP contribution in [0.25, 0.3) is 0 Å². The summed E-state index contributed by atoms with van der Waals surface area (Å²) in [5.74, 6) is 0.0787. The summed E-state index contributed by atoms with van der Waals surface area (Å²) in [6.45, 7) is 4.08. The highest BCUT2D eigenvalue weighted by Crippen LogP contribution is 2.34. The fourth-order valence-corrected chi connectivity index (χ4v) is 2.71. The Hall–Kier alpha value is -1.65. The molecule has 110 valence electrons. The van der Waals surface area contributed by atoms with Crippen molar-refractivity contribution in [2.24, 2.45) is 0 Å². The van der Waals surface area contributed by atoms with Crippen LogP contribution in [0, 0.1) is 0 Å². The van der Waals surface area contributed by atoms with Gasteiger partial charge < -0.3 is 9.26 Å². The van der Waals surface area contributed by atoms with Crippen molar-refractivity contribution in [2.45, 2.75) is 58.3 Å². The van der Waals surface area contributed by atoms with E-state index in [1.807, 2.05) is 6.92 Å². The van der Waals surface area contributed by atoms with Gasteiger partial charge >= 0.3 is 5.97 Å². The first-order chi connectivity index (χ1) is 9.69. The van der Waals surface area contributed by atoms with Crippen molar-refractivity contribution in [3.63, 3.8) is 0 Å². The number of aromatic nitrogens is 1. The maximum atomic E-state index is 12.1. The second kappa shape index (κ2) is 6.68. The Kier molecular flexibility index (Phi) is 4.93. The summed E-state index contributed by atoms with van der Waals surface area (Å²) in [7, 11) is 0. The Morgan fingerprint density at radius 2 is 2.20 bits per heavy atom. The summed E-state index contributed by atoms with van der Waals surface area (Å²) in [6.07, 6.45) is 4.87. The molecule has 5 nitrogen and oxygen atoms in total. The molecule has 2 rings (SSSR count). The van der Waals surface area contributed by atoms with E-state index in [0.717, 1.165) is 31.2 Å². The molecule has 1 aromatic heterocycles. The van der Waals surface area contributed by atoms with Crippen LogP contribution < -0.4 is 0 Å². The topological polar surface area (TPSA) is 69.4 Å². The lowest BCUT2D eigenvalue weighted by Gasteiger charge is -2.18. The van der Waals surface area contributed by atoms with Crippen LogP contribution in [0.3, 0.4) is 0 Å². The number of ether oxygens (including phenoxy) is 1. The fourth-order valence-electron chi connectivity index (χ4n) is 2.71. The molecule has 0 aromatic carbocycles. The third-order valence-corrected chi connectivity index (χ3v) is 3.66. The highest BCUT2D eigenvalue weighted by molar-refractivity contribution is 5.91. The quantitative estimate of drug-likeness (QED) is 0.775. The Labute approximate surface area is 118 Å². The zero-order valence-electron chi connectivity index (χ0n) is 12.1. The zero-order chi connectivity index (χ0) is 14.5. The highest BCUT2D eigenvalue weighted by atomic mass is 16.5.